The van der Waals surface area contributed by atoms with Gasteiger partial charge in [-0.2, -0.15) is 0 Å². The monoisotopic (exact) mass is 473 g/mol. The summed E-state index contributed by atoms with van der Waals surface area (Å²) in [7, 11) is 3.08. The molecule has 178 valence electrons. The minimum absolute atomic E-state index is 0.0397. The number of likely N-dealkylation sites (N-methyl/N-ethyl adjacent to an activating group) is 1. The summed E-state index contributed by atoms with van der Waals surface area (Å²) in [5.74, 6) is -0.438. The lowest BCUT2D eigenvalue weighted by Gasteiger charge is -2.30. The van der Waals surface area contributed by atoms with Crippen LogP contribution in [0.25, 0.3) is 0 Å². The van der Waals surface area contributed by atoms with Gasteiger partial charge in [0.05, 0.1) is 41.4 Å². The lowest BCUT2D eigenvalue weighted by Crippen LogP contribution is -2.38. The van der Waals surface area contributed by atoms with Crippen molar-refractivity contribution in [3.05, 3.63) is 50.7 Å². The number of carbonyl (C=O) groups is 2. The molecule has 0 aliphatic carbocycles. The van der Waals surface area contributed by atoms with Crippen molar-refractivity contribution < 1.29 is 24.2 Å². The van der Waals surface area contributed by atoms with E-state index in [-0.39, 0.29) is 5.57 Å². The summed E-state index contributed by atoms with van der Waals surface area (Å²) in [4.78, 5) is 35.4. The Kier molecular flexibility index (Phi) is 7.76. The molecule has 0 unspecified atom stereocenters. The van der Waals surface area contributed by atoms with E-state index in [4.69, 9.17) is 9.47 Å². The Morgan fingerprint density at radius 3 is 2.45 bits per heavy atom. The van der Waals surface area contributed by atoms with E-state index in [0.717, 1.165) is 18.1 Å². The van der Waals surface area contributed by atoms with Crippen molar-refractivity contribution in [2.24, 2.45) is 0 Å². The molecule has 1 N–H and O–H groups in total. The molecule has 2 heterocycles. The van der Waals surface area contributed by atoms with Crippen molar-refractivity contribution in [2.45, 2.75) is 33.7 Å². The standard InChI is InChI=1S/C24H31N3O5S/c1-7-26(8-2)11-12-27-20(17-13-16(31-5)9-10-18(17)32-6)19(22(29)24(27)30)21(28)23-14(3)25-15(4)33-23/h9-10,13,20,29H,7-8,11-12H2,1-6H3/t20-/m1/s1. The van der Waals surface area contributed by atoms with Crippen molar-refractivity contribution in [3.63, 3.8) is 0 Å². The third-order valence-corrected chi connectivity index (χ3v) is 7.01. The number of thiazole rings is 1. The maximum atomic E-state index is 13.7. The van der Waals surface area contributed by atoms with Gasteiger partial charge in [0.1, 0.15) is 11.5 Å². The highest BCUT2D eigenvalue weighted by atomic mass is 32.1. The van der Waals surface area contributed by atoms with E-state index < -0.39 is 23.5 Å². The summed E-state index contributed by atoms with van der Waals surface area (Å²) >= 11 is 1.25. The van der Waals surface area contributed by atoms with E-state index >= 15 is 0 Å². The Balaban J connectivity index is 2.15. The molecule has 9 heteroatoms. The number of Topliss-reactive ketones (excluding diaryl/α,β-unsaturated/α-hetero) is 1. The Bertz CT molecular complexity index is 1070. The topological polar surface area (TPSA) is 92.2 Å². The van der Waals surface area contributed by atoms with Crippen molar-refractivity contribution in [2.75, 3.05) is 40.4 Å². The Labute approximate surface area is 198 Å². The quantitative estimate of drug-likeness (QED) is 0.526. The van der Waals surface area contributed by atoms with Crippen LogP contribution >= 0.6 is 11.3 Å². The molecular weight excluding hydrogens is 442 g/mol. The lowest BCUT2D eigenvalue weighted by molar-refractivity contribution is -0.129. The van der Waals surface area contributed by atoms with E-state index in [9.17, 15) is 14.7 Å². The number of amides is 1. The minimum atomic E-state index is -0.813. The van der Waals surface area contributed by atoms with Gasteiger partial charge in [0.25, 0.3) is 5.91 Å². The molecule has 2 aromatic rings. The number of ether oxygens (including phenoxy) is 2. The van der Waals surface area contributed by atoms with Crippen LogP contribution in [0.4, 0.5) is 0 Å². The summed E-state index contributed by atoms with van der Waals surface area (Å²) in [5.41, 5.74) is 1.20. The molecule has 1 amide bonds. The first-order valence-corrected chi connectivity index (χ1v) is 11.8. The van der Waals surface area contributed by atoms with E-state index in [1.165, 1.54) is 18.4 Å². The molecule has 33 heavy (non-hydrogen) atoms. The number of carbonyl (C=O) groups excluding carboxylic acids is 2. The maximum absolute atomic E-state index is 13.7. The number of aromatic nitrogens is 1. The van der Waals surface area contributed by atoms with Crippen LogP contribution in [-0.2, 0) is 4.79 Å². The van der Waals surface area contributed by atoms with E-state index in [0.29, 0.717) is 40.7 Å². The Morgan fingerprint density at radius 2 is 1.91 bits per heavy atom. The second-order valence-corrected chi connectivity index (χ2v) is 8.98. The second-order valence-electron chi connectivity index (χ2n) is 7.77. The molecule has 0 fully saturated rings. The first-order valence-electron chi connectivity index (χ1n) is 10.9. The Morgan fingerprint density at radius 1 is 1.21 bits per heavy atom. The lowest BCUT2D eigenvalue weighted by atomic mass is 9.94. The predicted octanol–water partition coefficient (Wildman–Crippen LogP) is 3.70. The van der Waals surface area contributed by atoms with Gasteiger partial charge in [0.2, 0.25) is 5.78 Å². The fourth-order valence-electron chi connectivity index (χ4n) is 4.15. The van der Waals surface area contributed by atoms with Crippen molar-refractivity contribution in [3.8, 4) is 11.5 Å². The maximum Gasteiger partial charge on any atom is 0.290 e. The highest BCUT2D eigenvalue weighted by Gasteiger charge is 2.45. The first kappa shape index (κ1) is 24.7. The van der Waals surface area contributed by atoms with Crippen LogP contribution in [0.15, 0.2) is 29.5 Å². The van der Waals surface area contributed by atoms with Crippen LogP contribution in [0.2, 0.25) is 0 Å². The van der Waals surface area contributed by atoms with Gasteiger partial charge in [-0.25, -0.2) is 4.98 Å². The summed E-state index contributed by atoms with van der Waals surface area (Å²) in [5, 5.41) is 11.7. The van der Waals surface area contributed by atoms with Crippen molar-refractivity contribution in [1.29, 1.82) is 0 Å². The van der Waals surface area contributed by atoms with E-state index in [1.54, 1.807) is 37.1 Å². The van der Waals surface area contributed by atoms with Crippen LogP contribution < -0.4 is 9.47 Å². The average Bonchev–Trinajstić information content (AvgIpc) is 3.28. The smallest absolute Gasteiger partial charge is 0.290 e. The number of hydrogen-bond acceptors (Lipinski definition) is 8. The molecule has 8 nitrogen and oxygen atoms in total. The average molecular weight is 474 g/mol. The number of aliphatic hydroxyl groups excluding tert-OH is 1. The SMILES string of the molecule is CCN(CC)CCN1C(=O)C(O)=C(C(=O)c2sc(C)nc2C)[C@H]1c1cc(OC)ccc1OC. The van der Waals surface area contributed by atoms with Gasteiger partial charge in [-0.3, -0.25) is 9.59 Å². The molecule has 1 aromatic heterocycles. The molecule has 1 aliphatic rings. The minimum Gasteiger partial charge on any atom is -0.503 e. The molecule has 3 rings (SSSR count). The summed E-state index contributed by atoms with van der Waals surface area (Å²) < 4.78 is 11.0. The number of aliphatic hydroxyl groups is 1. The van der Waals surface area contributed by atoms with E-state index in [1.807, 2.05) is 6.92 Å². The number of rotatable bonds is 10. The number of hydrogen-bond donors (Lipinski definition) is 1. The first-order chi connectivity index (χ1) is 15.8. The van der Waals surface area contributed by atoms with Gasteiger partial charge in [0.15, 0.2) is 5.76 Å². The zero-order valence-corrected chi connectivity index (χ0v) is 20.8. The molecule has 0 saturated carbocycles. The number of nitrogens with zero attached hydrogens (tertiary/aromatic N) is 3. The molecular formula is C24H31N3O5S. The summed E-state index contributed by atoms with van der Waals surface area (Å²) in [6.07, 6.45) is 0. The molecule has 0 saturated heterocycles. The van der Waals surface area contributed by atoms with Gasteiger partial charge >= 0.3 is 0 Å². The van der Waals surface area contributed by atoms with Crippen LogP contribution in [0.5, 0.6) is 11.5 Å². The normalized spacial score (nSPS) is 16.2. The predicted molar refractivity (Wildman–Crippen MR) is 127 cm³/mol. The molecule has 1 aliphatic heterocycles. The van der Waals surface area contributed by atoms with Crippen molar-refractivity contribution in [1.82, 2.24) is 14.8 Å². The highest BCUT2D eigenvalue weighted by molar-refractivity contribution is 7.14. The molecule has 0 spiro atoms. The second kappa shape index (κ2) is 10.4. The van der Waals surface area contributed by atoms with Gasteiger partial charge < -0.3 is 24.4 Å². The van der Waals surface area contributed by atoms with Gasteiger partial charge in [-0.15, -0.1) is 11.3 Å². The molecule has 1 aromatic carbocycles. The van der Waals surface area contributed by atoms with Gasteiger partial charge in [-0.05, 0) is 45.1 Å². The van der Waals surface area contributed by atoms with Gasteiger partial charge in [0, 0.05) is 18.7 Å². The number of methoxy groups -OCH3 is 2. The van der Waals surface area contributed by atoms with Crippen LogP contribution in [0, 0.1) is 13.8 Å². The zero-order valence-electron chi connectivity index (χ0n) is 20.0. The van der Waals surface area contributed by atoms with Crippen molar-refractivity contribution >= 4 is 23.0 Å². The van der Waals surface area contributed by atoms with Crippen LogP contribution in [0.1, 0.15) is 45.8 Å². The summed E-state index contributed by atoms with van der Waals surface area (Å²) in [6, 6.07) is 4.42. The molecule has 0 bridgehead atoms. The number of ketones is 1. The van der Waals surface area contributed by atoms with E-state index in [2.05, 4.69) is 23.7 Å². The zero-order chi connectivity index (χ0) is 24.3. The highest BCUT2D eigenvalue weighted by Crippen LogP contribution is 2.44. The summed E-state index contributed by atoms with van der Waals surface area (Å²) in [6.45, 7) is 10.3. The molecule has 0 radical (unpaired) electrons. The third kappa shape index (κ3) is 4.74. The third-order valence-electron chi connectivity index (χ3n) is 5.94. The largest absolute Gasteiger partial charge is 0.503 e. The number of benzene rings is 1. The fourth-order valence-corrected chi connectivity index (χ4v) is 5.02. The molecule has 1 atom stereocenters. The number of aryl methyl sites for hydroxylation is 2. The van der Waals surface area contributed by atoms with Crippen LogP contribution in [-0.4, -0.2) is 72.0 Å². The Hall–Kier alpha value is -2.91. The van der Waals surface area contributed by atoms with Gasteiger partial charge in [-0.1, -0.05) is 13.8 Å². The van der Waals surface area contributed by atoms with Crippen LogP contribution in [0.3, 0.4) is 0 Å². The fraction of sp³-hybridized carbons (Fsp3) is 0.458.